The Kier molecular flexibility index (Phi) is 4.77. The van der Waals surface area contributed by atoms with E-state index in [1.807, 2.05) is 0 Å². The van der Waals surface area contributed by atoms with Crippen LogP contribution in [0.25, 0.3) is 0 Å². The Bertz CT molecular complexity index is 701. The minimum Gasteiger partial charge on any atom is -0.496 e. The van der Waals surface area contributed by atoms with Crippen molar-refractivity contribution in [3.8, 4) is 5.75 Å². The van der Waals surface area contributed by atoms with Crippen LogP contribution in [0.5, 0.6) is 5.75 Å². The number of hydrogen-bond donors (Lipinski definition) is 0. The lowest BCUT2D eigenvalue weighted by Gasteiger charge is -2.08. The molecule has 0 saturated carbocycles. The number of rotatable bonds is 5. The number of aromatic nitrogens is 2. The molecule has 0 aliphatic heterocycles. The molecule has 22 heavy (non-hydrogen) atoms. The van der Waals surface area contributed by atoms with Crippen molar-refractivity contribution in [2.75, 3.05) is 13.7 Å². The van der Waals surface area contributed by atoms with Gasteiger partial charge >= 0.3 is 5.97 Å². The summed E-state index contributed by atoms with van der Waals surface area (Å²) in [6.07, 6.45) is 2.67. The Morgan fingerprint density at radius 2 is 2.00 bits per heavy atom. The van der Waals surface area contributed by atoms with Crippen LogP contribution in [0.3, 0.4) is 0 Å². The van der Waals surface area contributed by atoms with E-state index in [1.165, 1.54) is 31.6 Å². The van der Waals surface area contributed by atoms with Gasteiger partial charge in [-0.3, -0.25) is 9.78 Å². The van der Waals surface area contributed by atoms with Gasteiger partial charge in [0.25, 0.3) is 0 Å². The third-order valence-electron chi connectivity index (χ3n) is 2.79. The number of benzene rings is 1. The van der Waals surface area contributed by atoms with Crippen LogP contribution < -0.4 is 4.74 Å². The number of aryl methyl sites for hydroxylation is 1. The normalized spacial score (nSPS) is 10.1. The van der Waals surface area contributed by atoms with E-state index in [-0.39, 0.29) is 17.0 Å². The molecule has 0 aliphatic carbocycles. The molecule has 0 aliphatic rings. The first-order chi connectivity index (χ1) is 10.5. The standard InChI is InChI=1S/C15H13FN2O4/c1-9-6-18-12(7-17-9)15(20)22-8-13(19)11-5-10(16)3-4-14(11)21-2/h3-7H,8H2,1-2H3. The molecule has 0 amide bonds. The Balaban J connectivity index is 2.05. The van der Waals surface area contributed by atoms with Crippen LogP contribution in [0.4, 0.5) is 4.39 Å². The number of methoxy groups -OCH3 is 1. The first kappa shape index (κ1) is 15.6. The maximum Gasteiger partial charge on any atom is 0.358 e. The second kappa shape index (κ2) is 6.75. The molecule has 1 heterocycles. The Labute approximate surface area is 125 Å². The molecule has 0 bridgehead atoms. The predicted octanol–water partition coefficient (Wildman–Crippen LogP) is 1.97. The topological polar surface area (TPSA) is 78.4 Å². The van der Waals surface area contributed by atoms with Crippen molar-refractivity contribution >= 4 is 11.8 Å². The fourth-order valence-electron chi connectivity index (χ4n) is 1.68. The highest BCUT2D eigenvalue weighted by Crippen LogP contribution is 2.20. The summed E-state index contributed by atoms with van der Waals surface area (Å²) >= 11 is 0. The van der Waals surface area contributed by atoms with Gasteiger partial charge in [0.05, 0.1) is 24.6 Å². The fraction of sp³-hybridized carbons (Fsp3) is 0.200. The lowest BCUT2D eigenvalue weighted by atomic mass is 10.1. The summed E-state index contributed by atoms with van der Waals surface area (Å²) in [4.78, 5) is 31.5. The molecule has 0 N–H and O–H groups in total. The van der Waals surface area contributed by atoms with Crippen molar-refractivity contribution in [3.63, 3.8) is 0 Å². The summed E-state index contributed by atoms with van der Waals surface area (Å²) in [6.45, 7) is 1.18. The SMILES string of the molecule is COc1ccc(F)cc1C(=O)COC(=O)c1cnc(C)cn1. The van der Waals surface area contributed by atoms with Crippen molar-refractivity contribution < 1.29 is 23.5 Å². The Morgan fingerprint density at radius 3 is 2.64 bits per heavy atom. The van der Waals surface area contributed by atoms with Gasteiger partial charge in [0, 0.05) is 6.20 Å². The second-order valence-corrected chi connectivity index (χ2v) is 4.39. The van der Waals surface area contributed by atoms with Gasteiger partial charge in [-0.15, -0.1) is 0 Å². The molecule has 2 rings (SSSR count). The number of nitrogens with zero attached hydrogens (tertiary/aromatic N) is 2. The summed E-state index contributed by atoms with van der Waals surface area (Å²) in [7, 11) is 1.36. The van der Waals surface area contributed by atoms with Crippen LogP contribution in [0.15, 0.2) is 30.6 Å². The van der Waals surface area contributed by atoms with E-state index in [9.17, 15) is 14.0 Å². The van der Waals surface area contributed by atoms with E-state index >= 15 is 0 Å². The monoisotopic (exact) mass is 304 g/mol. The minimum absolute atomic E-state index is 0.00490. The van der Waals surface area contributed by atoms with Gasteiger partial charge in [-0.05, 0) is 25.1 Å². The summed E-state index contributed by atoms with van der Waals surface area (Å²) in [6, 6.07) is 3.53. The van der Waals surface area contributed by atoms with E-state index in [0.29, 0.717) is 5.69 Å². The van der Waals surface area contributed by atoms with E-state index < -0.39 is 24.2 Å². The number of ether oxygens (including phenoxy) is 2. The van der Waals surface area contributed by atoms with E-state index in [4.69, 9.17) is 9.47 Å². The van der Waals surface area contributed by atoms with Gasteiger partial charge < -0.3 is 9.47 Å². The number of ketones is 1. The first-order valence-corrected chi connectivity index (χ1v) is 6.33. The molecular weight excluding hydrogens is 291 g/mol. The summed E-state index contributed by atoms with van der Waals surface area (Å²) in [5.74, 6) is -1.74. The van der Waals surface area contributed by atoms with Crippen LogP contribution in [-0.4, -0.2) is 35.4 Å². The average Bonchev–Trinajstić information content (AvgIpc) is 2.53. The minimum atomic E-state index is -0.781. The number of hydrogen-bond acceptors (Lipinski definition) is 6. The average molecular weight is 304 g/mol. The van der Waals surface area contributed by atoms with Gasteiger partial charge in [0.2, 0.25) is 5.78 Å². The zero-order valence-electron chi connectivity index (χ0n) is 12.0. The molecule has 6 nitrogen and oxygen atoms in total. The van der Waals surface area contributed by atoms with Crippen molar-refractivity contribution in [2.45, 2.75) is 6.92 Å². The highest BCUT2D eigenvalue weighted by atomic mass is 19.1. The summed E-state index contributed by atoms with van der Waals surface area (Å²) < 4.78 is 23.0. The Hall–Kier alpha value is -2.83. The number of halogens is 1. The lowest BCUT2D eigenvalue weighted by molar-refractivity contribution is 0.0467. The van der Waals surface area contributed by atoms with E-state index in [2.05, 4.69) is 9.97 Å². The molecule has 0 radical (unpaired) electrons. The molecule has 0 spiro atoms. The third-order valence-corrected chi connectivity index (χ3v) is 2.79. The van der Waals surface area contributed by atoms with E-state index in [1.54, 1.807) is 6.92 Å². The Morgan fingerprint density at radius 1 is 1.23 bits per heavy atom. The molecular formula is C15H13FN2O4. The van der Waals surface area contributed by atoms with Crippen LogP contribution >= 0.6 is 0 Å². The van der Waals surface area contributed by atoms with Crippen LogP contribution in [0.1, 0.15) is 26.5 Å². The number of Topliss-reactive ketones (excluding diaryl/α,β-unsaturated/α-hetero) is 1. The highest BCUT2D eigenvalue weighted by molar-refractivity contribution is 6.01. The molecule has 0 saturated heterocycles. The lowest BCUT2D eigenvalue weighted by Crippen LogP contribution is -2.16. The molecule has 2 aromatic rings. The second-order valence-electron chi connectivity index (χ2n) is 4.39. The van der Waals surface area contributed by atoms with Gasteiger partial charge in [-0.2, -0.15) is 0 Å². The molecule has 0 fully saturated rings. The molecule has 114 valence electrons. The predicted molar refractivity (Wildman–Crippen MR) is 74.3 cm³/mol. The van der Waals surface area contributed by atoms with Gasteiger partial charge in [-0.25, -0.2) is 14.2 Å². The third kappa shape index (κ3) is 3.63. The number of carbonyl (C=O) groups is 2. The number of esters is 1. The maximum absolute atomic E-state index is 13.2. The smallest absolute Gasteiger partial charge is 0.358 e. The van der Waals surface area contributed by atoms with Crippen LogP contribution in [0, 0.1) is 12.7 Å². The van der Waals surface area contributed by atoms with Gasteiger partial charge in [0.1, 0.15) is 11.6 Å². The van der Waals surface area contributed by atoms with Crippen LogP contribution in [0.2, 0.25) is 0 Å². The van der Waals surface area contributed by atoms with Crippen molar-refractivity contribution in [1.82, 2.24) is 9.97 Å². The first-order valence-electron chi connectivity index (χ1n) is 6.33. The zero-order chi connectivity index (χ0) is 16.1. The van der Waals surface area contributed by atoms with Crippen molar-refractivity contribution in [1.29, 1.82) is 0 Å². The molecule has 1 aromatic carbocycles. The largest absolute Gasteiger partial charge is 0.496 e. The van der Waals surface area contributed by atoms with Crippen molar-refractivity contribution in [3.05, 3.63) is 53.4 Å². The van der Waals surface area contributed by atoms with E-state index in [0.717, 1.165) is 6.07 Å². The highest BCUT2D eigenvalue weighted by Gasteiger charge is 2.17. The molecule has 1 aromatic heterocycles. The molecule has 0 unspecified atom stereocenters. The molecule has 7 heteroatoms. The van der Waals surface area contributed by atoms with Crippen LogP contribution in [-0.2, 0) is 4.74 Å². The van der Waals surface area contributed by atoms with Crippen molar-refractivity contribution in [2.24, 2.45) is 0 Å². The van der Waals surface area contributed by atoms with Gasteiger partial charge in [-0.1, -0.05) is 0 Å². The maximum atomic E-state index is 13.2. The quantitative estimate of drug-likeness (QED) is 0.621. The summed E-state index contributed by atoms with van der Waals surface area (Å²) in [5, 5.41) is 0. The number of carbonyl (C=O) groups excluding carboxylic acids is 2. The summed E-state index contributed by atoms with van der Waals surface area (Å²) in [5.41, 5.74) is 0.645. The zero-order valence-corrected chi connectivity index (χ0v) is 12.0. The molecule has 0 atom stereocenters. The fourth-order valence-corrected chi connectivity index (χ4v) is 1.68. The van der Waals surface area contributed by atoms with Gasteiger partial charge in [0.15, 0.2) is 12.3 Å².